The van der Waals surface area contributed by atoms with E-state index in [9.17, 15) is 8.42 Å². The molecule has 0 aliphatic heterocycles. The average molecular weight is 436 g/mol. The zero-order chi connectivity index (χ0) is 23.0. The Morgan fingerprint density at radius 1 is 0.677 bits per heavy atom. The Kier molecular flexibility index (Phi) is 6.07. The summed E-state index contributed by atoms with van der Waals surface area (Å²) in [7, 11) is -3.70. The molecular weight excluding hydrogens is 402 g/mol. The molecule has 0 unspecified atom stereocenters. The van der Waals surface area contributed by atoms with Crippen LogP contribution in [0.25, 0.3) is 11.1 Å². The SMILES string of the molecule is Cc1ccc(S(=O)(=O)Nc2cc(C(C)(C)C)ccc2-c2ccc(C(C)(C)C)cc2)cc1. The van der Waals surface area contributed by atoms with Crippen molar-refractivity contribution in [2.45, 2.75) is 64.2 Å². The van der Waals surface area contributed by atoms with E-state index in [-0.39, 0.29) is 15.7 Å². The van der Waals surface area contributed by atoms with E-state index in [1.54, 1.807) is 12.1 Å². The summed E-state index contributed by atoms with van der Waals surface area (Å²) >= 11 is 0. The summed E-state index contributed by atoms with van der Waals surface area (Å²) in [5.74, 6) is 0. The van der Waals surface area contributed by atoms with E-state index >= 15 is 0 Å². The van der Waals surface area contributed by atoms with Crippen LogP contribution in [0.4, 0.5) is 5.69 Å². The molecular formula is C27H33NO2S. The lowest BCUT2D eigenvalue weighted by Crippen LogP contribution is -2.16. The third-order valence-electron chi connectivity index (χ3n) is 5.52. The predicted molar refractivity (Wildman–Crippen MR) is 131 cm³/mol. The van der Waals surface area contributed by atoms with E-state index in [0.29, 0.717) is 5.69 Å². The van der Waals surface area contributed by atoms with Crippen LogP contribution in [0, 0.1) is 6.92 Å². The second-order valence-electron chi connectivity index (χ2n) is 10.3. The van der Waals surface area contributed by atoms with Crippen molar-refractivity contribution in [3.8, 4) is 11.1 Å². The highest BCUT2D eigenvalue weighted by Crippen LogP contribution is 2.35. The number of benzene rings is 3. The van der Waals surface area contributed by atoms with Crippen molar-refractivity contribution in [1.82, 2.24) is 0 Å². The standard InChI is InChI=1S/C27H33NO2S/c1-19-8-15-23(16-9-19)31(29,30)28-25-18-22(27(5,6)7)14-17-24(25)20-10-12-21(13-11-20)26(2,3)4/h8-18,28H,1-7H3. The van der Waals surface area contributed by atoms with Crippen LogP contribution in [-0.2, 0) is 20.9 Å². The molecule has 0 atom stereocenters. The fourth-order valence-electron chi connectivity index (χ4n) is 3.42. The van der Waals surface area contributed by atoms with Gasteiger partial charge in [-0.15, -0.1) is 0 Å². The second-order valence-corrected chi connectivity index (χ2v) is 11.9. The minimum atomic E-state index is -3.70. The van der Waals surface area contributed by atoms with E-state index in [2.05, 4.69) is 76.6 Å². The van der Waals surface area contributed by atoms with Crippen molar-refractivity contribution in [2.24, 2.45) is 0 Å². The lowest BCUT2D eigenvalue weighted by molar-refractivity contribution is 0.589. The minimum absolute atomic E-state index is 0.0600. The third kappa shape index (κ3) is 5.37. The second kappa shape index (κ2) is 8.16. The number of hydrogen-bond acceptors (Lipinski definition) is 2. The molecule has 4 heteroatoms. The molecule has 0 aliphatic rings. The molecule has 0 aromatic heterocycles. The van der Waals surface area contributed by atoms with E-state index in [4.69, 9.17) is 0 Å². The van der Waals surface area contributed by atoms with Gasteiger partial charge in [0.2, 0.25) is 0 Å². The van der Waals surface area contributed by atoms with Gasteiger partial charge >= 0.3 is 0 Å². The maximum absolute atomic E-state index is 13.1. The predicted octanol–water partition coefficient (Wildman–Crippen LogP) is 7.06. The van der Waals surface area contributed by atoms with Gasteiger partial charge in [0, 0.05) is 5.56 Å². The van der Waals surface area contributed by atoms with E-state index in [1.807, 2.05) is 31.2 Å². The molecule has 1 N–H and O–H groups in total. The lowest BCUT2D eigenvalue weighted by Gasteiger charge is -2.23. The Balaban J connectivity index is 2.09. The van der Waals surface area contributed by atoms with Crippen molar-refractivity contribution in [1.29, 1.82) is 0 Å². The smallest absolute Gasteiger partial charge is 0.261 e. The molecule has 0 amide bonds. The fourth-order valence-corrected chi connectivity index (χ4v) is 4.49. The number of anilines is 1. The molecule has 3 aromatic rings. The molecule has 31 heavy (non-hydrogen) atoms. The third-order valence-corrected chi connectivity index (χ3v) is 6.90. The molecule has 3 rings (SSSR count). The molecule has 164 valence electrons. The summed E-state index contributed by atoms with van der Waals surface area (Å²) in [4.78, 5) is 0.258. The van der Waals surface area contributed by atoms with Crippen LogP contribution in [0.3, 0.4) is 0 Å². The van der Waals surface area contributed by atoms with Crippen molar-refractivity contribution >= 4 is 15.7 Å². The average Bonchev–Trinajstić information content (AvgIpc) is 2.67. The van der Waals surface area contributed by atoms with Crippen LogP contribution >= 0.6 is 0 Å². The Hall–Kier alpha value is -2.59. The zero-order valence-electron chi connectivity index (χ0n) is 19.6. The van der Waals surface area contributed by atoms with Gasteiger partial charge < -0.3 is 0 Å². The summed E-state index contributed by atoms with van der Waals surface area (Å²) in [6.07, 6.45) is 0. The topological polar surface area (TPSA) is 46.2 Å². The number of hydrogen-bond donors (Lipinski definition) is 1. The first-order chi connectivity index (χ1) is 14.3. The molecule has 0 aliphatic carbocycles. The summed E-state index contributed by atoms with van der Waals surface area (Å²) in [6, 6.07) is 21.3. The van der Waals surface area contributed by atoms with Crippen molar-refractivity contribution < 1.29 is 8.42 Å². The van der Waals surface area contributed by atoms with Crippen LogP contribution in [0.5, 0.6) is 0 Å². The highest BCUT2D eigenvalue weighted by Gasteiger charge is 2.21. The maximum atomic E-state index is 13.1. The fraction of sp³-hybridized carbons (Fsp3) is 0.333. The Bertz CT molecular complexity index is 1160. The summed E-state index contributed by atoms with van der Waals surface area (Å²) in [5, 5.41) is 0. The Morgan fingerprint density at radius 2 is 1.19 bits per heavy atom. The molecule has 0 spiro atoms. The molecule has 0 fully saturated rings. The summed E-state index contributed by atoms with van der Waals surface area (Å²) in [6.45, 7) is 14.9. The van der Waals surface area contributed by atoms with Crippen LogP contribution in [0.2, 0.25) is 0 Å². The Labute approximate surface area is 187 Å². The van der Waals surface area contributed by atoms with Crippen molar-refractivity contribution in [3.05, 3.63) is 83.4 Å². The lowest BCUT2D eigenvalue weighted by atomic mass is 9.84. The highest BCUT2D eigenvalue weighted by atomic mass is 32.2. The monoisotopic (exact) mass is 435 g/mol. The molecule has 3 nitrogen and oxygen atoms in total. The quantitative estimate of drug-likeness (QED) is 0.477. The van der Waals surface area contributed by atoms with Crippen LogP contribution in [0.15, 0.2) is 71.6 Å². The first-order valence-electron chi connectivity index (χ1n) is 10.6. The van der Waals surface area contributed by atoms with Gasteiger partial charge in [0.15, 0.2) is 0 Å². The van der Waals surface area contributed by atoms with Gasteiger partial charge in [0.25, 0.3) is 10.0 Å². The van der Waals surface area contributed by atoms with Gasteiger partial charge in [0.05, 0.1) is 10.6 Å². The highest BCUT2D eigenvalue weighted by molar-refractivity contribution is 7.92. The number of aryl methyl sites for hydroxylation is 1. The normalized spacial score (nSPS) is 12.6. The van der Waals surface area contributed by atoms with E-state index < -0.39 is 10.0 Å². The molecule has 0 heterocycles. The van der Waals surface area contributed by atoms with Gasteiger partial charge in [-0.25, -0.2) is 8.42 Å². The van der Waals surface area contributed by atoms with Crippen LogP contribution < -0.4 is 4.72 Å². The first-order valence-corrected chi connectivity index (χ1v) is 12.1. The molecule has 0 saturated heterocycles. The van der Waals surface area contributed by atoms with Crippen LogP contribution in [-0.4, -0.2) is 8.42 Å². The minimum Gasteiger partial charge on any atom is -0.279 e. The van der Waals surface area contributed by atoms with Crippen molar-refractivity contribution in [3.63, 3.8) is 0 Å². The number of sulfonamides is 1. The molecule has 0 radical (unpaired) electrons. The summed E-state index contributed by atoms with van der Waals surface area (Å²) in [5.41, 5.74) is 5.74. The largest absolute Gasteiger partial charge is 0.279 e. The first kappa shape index (κ1) is 23.1. The van der Waals surface area contributed by atoms with Crippen LogP contribution in [0.1, 0.15) is 58.2 Å². The van der Waals surface area contributed by atoms with Gasteiger partial charge in [-0.05, 0) is 52.6 Å². The molecule has 0 saturated carbocycles. The van der Waals surface area contributed by atoms with E-state index in [0.717, 1.165) is 22.3 Å². The molecule has 3 aromatic carbocycles. The Morgan fingerprint density at radius 3 is 1.71 bits per heavy atom. The number of nitrogens with one attached hydrogen (secondary N) is 1. The number of rotatable bonds is 4. The van der Waals surface area contributed by atoms with E-state index in [1.165, 1.54) is 5.56 Å². The van der Waals surface area contributed by atoms with Gasteiger partial charge in [0.1, 0.15) is 0 Å². The van der Waals surface area contributed by atoms with Gasteiger partial charge in [-0.1, -0.05) is 95.6 Å². The van der Waals surface area contributed by atoms with Gasteiger partial charge in [-0.2, -0.15) is 0 Å². The van der Waals surface area contributed by atoms with Crippen molar-refractivity contribution in [2.75, 3.05) is 4.72 Å². The van der Waals surface area contributed by atoms with Gasteiger partial charge in [-0.3, -0.25) is 4.72 Å². The maximum Gasteiger partial charge on any atom is 0.261 e. The zero-order valence-corrected chi connectivity index (χ0v) is 20.4. The summed E-state index contributed by atoms with van der Waals surface area (Å²) < 4.78 is 29.1. The molecule has 0 bridgehead atoms.